The molecule has 0 spiro atoms. The third kappa shape index (κ3) is 2.94. The molecule has 17 heavy (non-hydrogen) atoms. The minimum absolute atomic E-state index is 0.455. The molecule has 1 atom stereocenters. The number of pyridine rings is 2. The van der Waals surface area contributed by atoms with E-state index in [-0.39, 0.29) is 0 Å². The van der Waals surface area contributed by atoms with Crippen LogP contribution in [0.25, 0.3) is 11.0 Å². The summed E-state index contributed by atoms with van der Waals surface area (Å²) in [6.07, 6.45) is 5.95. The standard InChI is InChI=1S/C13H16BrN3/c1-3-4-9(2)17-11-5-6-15-12-7-10(14)8-16-13(11)12/h5-9H,3-4H2,1-2H3,(H,15,17). The summed E-state index contributed by atoms with van der Waals surface area (Å²) in [7, 11) is 0. The zero-order valence-corrected chi connectivity index (χ0v) is 11.7. The predicted molar refractivity (Wildman–Crippen MR) is 75.2 cm³/mol. The van der Waals surface area contributed by atoms with Crippen LogP contribution in [-0.4, -0.2) is 16.0 Å². The molecule has 0 fully saturated rings. The SMILES string of the molecule is CCCC(C)Nc1ccnc2cc(Br)cnc12. The van der Waals surface area contributed by atoms with Gasteiger partial charge in [-0.15, -0.1) is 0 Å². The highest BCUT2D eigenvalue weighted by atomic mass is 79.9. The fraction of sp³-hybridized carbons (Fsp3) is 0.385. The van der Waals surface area contributed by atoms with Crippen molar-refractivity contribution in [1.29, 1.82) is 0 Å². The molecule has 1 N–H and O–H groups in total. The Labute approximate surface area is 110 Å². The van der Waals surface area contributed by atoms with Crippen molar-refractivity contribution >= 4 is 32.7 Å². The minimum atomic E-state index is 0.455. The van der Waals surface area contributed by atoms with E-state index in [4.69, 9.17) is 0 Å². The van der Waals surface area contributed by atoms with Crippen LogP contribution in [0.2, 0.25) is 0 Å². The lowest BCUT2D eigenvalue weighted by Gasteiger charge is -2.15. The molecule has 0 aliphatic rings. The molecule has 1 unspecified atom stereocenters. The molecule has 0 bridgehead atoms. The van der Waals surface area contributed by atoms with Gasteiger partial charge in [-0.2, -0.15) is 0 Å². The van der Waals surface area contributed by atoms with Crippen molar-refractivity contribution in [2.75, 3.05) is 5.32 Å². The molecule has 90 valence electrons. The van der Waals surface area contributed by atoms with Gasteiger partial charge in [-0.05, 0) is 41.4 Å². The molecular formula is C13H16BrN3. The maximum atomic E-state index is 4.42. The third-order valence-corrected chi connectivity index (χ3v) is 3.10. The summed E-state index contributed by atoms with van der Waals surface area (Å²) in [5.41, 5.74) is 2.90. The highest BCUT2D eigenvalue weighted by Crippen LogP contribution is 2.22. The first-order valence-corrected chi connectivity index (χ1v) is 6.67. The van der Waals surface area contributed by atoms with E-state index in [1.807, 2.05) is 18.3 Å². The molecule has 0 saturated carbocycles. The summed E-state index contributed by atoms with van der Waals surface area (Å²) in [5, 5.41) is 3.49. The molecule has 0 aliphatic heterocycles. The third-order valence-electron chi connectivity index (χ3n) is 2.67. The number of fused-ring (bicyclic) bond motifs is 1. The van der Waals surface area contributed by atoms with E-state index in [9.17, 15) is 0 Å². The molecule has 3 nitrogen and oxygen atoms in total. The Balaban J connectivity index is 2.34. The first-order chi connectivity index (χ1) is 8.20. The van der Waals surface area contributed by atoms with Gasteiger partial charge in [0.1, 0.15) is 5.52 Å². The molecule has 4 heteroatoms. The first-order valence-electron chi connectivity index (χ1n) is 5.87. The van der Waals surface area contributed by atoms with Crippen LogP contribution in [0.15, 0.2) is 29.0 Å². The lowest BCUT2D eigenvalue weighted by atomic mass is 10.2. The number of rotatable bonds is 4. The van der Waals surface area contributed by atoms with Crippen LogP contribution < -0.4 is 5.32 Å². The van der Waals surface area contributed by atoms with Gasteiger partial charge in [0.15, 0.2) is 0 Å². The summed E-state index contributed by atoms with van der Waals surface area (Å²) in [4.78, 5) is 8.75. The van der Waals surface area contributed by atoms with Crippen molar-refractivity contribution in [2.24, 2.45) is 0 Å². The zero-order valence-electron chi connectivity index (χ0n) is 10.1. The van der Waals surface area contributed by atoms with Gasteiger partial charge in [0.2, 0.25) is 0 Å². The van der Waals surface area contributed by atoms with Gasteiger partial charge in [-0.25, -0.2) is 0 Å². The van der Waals surface area contributed by atoms with Crippen LogP contribution >= 0.6 is 15.9 Å². The van der Waals surface area contributed by atoms with E-state index in [0.717, 1.165) is 27.6 Å². The maximum absolute atomic E-state index is 4.42. The fourth-order valence-electron chi connectivity index (χ4n) is 1.89. The van der Waals surface area contributed by atoms with E-state index in [1.54, 1.807) is 6.20 Å². The smallest absolute Gasteiger partial charge is 0.112 e. The molecule has 0 aliphatic carbocycles. The predicted octanol–water partition coefficient (Wildman–Crippen LogP) is 3.99. The summed E-state index contributed by atoms with van der Waals surface area (Å²) < 4.78 is 0.955. The van der Waals surface area contributed by atoms with Crippen LogP contribution in [0.1, 0.15) is 26.7 Å². The second kappa shape index (κ2) is 5.45. The second-order valence-corrected chi connectivity index (χ2v) is 5.13. The number of nitrogens with zero attached hydrogens (tertiary/aromatic N) is 2. The van der Waals surface area contributed by atoms with Gasteiger partial charge in [0.05, 0.1) is 11.2 Å². The average Bonchev–Trinajstić information content (AvgIpc) is 2.29. The largest absolute Gasteiger partial charge is 0.381 e. The average molecular weight is 294 g/mol. The number of aromatic nitrogens is 2. The molecule has 2 heterocycles. The van der Waals surface area contributed by atoms with Crippen LogP contribution in [0, 0.1) is 0 Å². The monoisotopic (exact) mass is 293 g/mol. The summed E-state index contributed by atoms with van der Waals surface area (Å²) >= 11 is 3.41. The zero-order chi connectivity index (χ0) is 12.3. The Bertz CT molecular complexity index is 513. The molecular weight excluding hydrogens is 278 g/mol. The Morgan fingerprint density at radius 1 is 1.41 bits per heavy atom. The maximum Gasteiger partial charge on any atom is 0.112 e. The Morgan fingerprint density at radius 3 is 3.00 bits per heavy atom. The lowest BCUT2D eigenvalue weighted by Crippen LogP contribution is -2.14. The first kappa shape index (κ1) is 12.3. The van der Waals surface area contributed by atoms with E-state index < -0.39 is 0 Å². The minimum Gasteiger partial charge on any atom is -0.381 e. The molecule has 0 radical (unpaired) electrons. The molecule has 0 aromatic carbocycles. The second-order valence-electron chi connectivity index (χ2n) is 4.21. The fourth-order valence-corrected chi connectivity index (χ4v) is 2.21. The van der Waals surface area contributed by atoms with Crippen molar-refractivity contribution in [3.05, 3.63) is 29.0 Å². The van der Waals surface area contributed by atoms with Gasteiger partial charge >= 0.3 is 0 Å². The van der Waals surface area contributed by atoms with Crippen LogP contribution in [0.3, 0.4) is 0 Å². The van der Waals surface area contributed by atoms with Crippen LogP contribution in [0.4, 0.5) is 5.69 Å². The normalized spacial score (nSPS) is 12.6. The number of hydrogen-bond acceptors (Lipinski definition) is 3. The van der Waals surface area contributed by atoms with Gasteiger partial charge in [0.25, 0.3) is 0 Å². The number of hydrogen-bond donors (Lipinski definition) is 1. The molecule has 2 aromatic rings. The van der Waals surface area contributed by atoms with Gasteiger partial charge in [0, 0.05) is 22.9 Å². The highest BCUT2D eigenvalue weighted by molar-refractivity contribution is 9.10. The van der Waals surface area contributed by atoms with E-state index in [1.165, 1.54) is 6.42 Å². The van der Waals surface area contributed by atoms with E-state index in [2.05, 4.69) is 45.1 Å². The Morgan fingerprint density at radius 2 is 2.24 bits per heavy atom. The molecule has 0 amide bonds. The van der Waals surface area contributed by atoms with Crippen molar-refractivity contribution in [3.63, 3.8) is 0 Å². The van der Waals surface area contributed by atoms with Gasteiger partial charge in [-0.1, -0.05) is 13.3 Å². The highest BCUT2D eigenvalue weighted by Gasteiger charge is 2.06. The molecule has 2 rings (SSSR count). The van der Waals surface area contributed by atoms with Crippen LogP contribution in [0.5, 0.6) is 0 Å². The van der Waals surface area contributed by atoms with Crippen molar-refractivity contribution in [2.45, 2.75) is 32.7 Å². The van der Waals surface area contributed by atoms with Gasteiger partial charge in [-0.3, -0.25) is 9.97 Å². The number of nitrogens with one attached hydrogen (secondary N) is 1. The summed E-state index contributed by atoms with van der Waals surface area (Å²) in [6, 6.07) is 4.42. The Hall–Kier alpha value is -1.16. The van der Waals surface area contributed by atoms with Crippen molar-refractivity contribution in [3.8, 4) is 0 Å². The quantitative estimate of drug-likeness (QED) is 0.926. The molecule has 0 saturated heterocycles. The number of anilines is 1. The van der Waals surface area contributed by atoms with E-state index >= 15 is 0 Å². The lowest BCUT2D eigenvalue weighted by molar-refractivity contribution is 0.691. The van der Waals surface area contributed by atoms with Gasteiger partial charge < -0.3 is 5.32 Å². The Kier molecular flexibility index (Phi) is 3.94. The summed E-state index contributed by atoms with van der Waals surface area (Å²) in [5.74, 6) is 0. The van der Waals surface area contributed by atoms with Crippen molar-refractivity contribution < 1.29 is 0 Å². The number of halogens is 1. The molecule has 2 aromatic heterocycles. The summed E-state index contributed by atoms with van der Waals surface area (Å²) in [6.45, 7) is 4.38. The van der Waals surface area contributed by atoms with Crippen molar-refractivity contribution in [1.82, 2.24) is 9.97 Å². The van der Waals surface area contributed by atoms with Crippen LogP contribution in [-0.2, 0) is 0 Å². The topological polar surface area (TPSA) is 37.8 Å². The van der Waals surface area contributed by atoms with E-state index in [0.29, 0.717) is 6.04 Å².